The maximum atomic E-state index is 9.75. The van der Waals surface area contributed by atoms with Gasteiger partial charge in [-0.2, -0.15) is 4.57 Å². The van der Waals surface area contributed by atoms with Gasteiger partial charge in [-0.15, -0.1) is 0 Å². The highest BCUT2D eigenvalue weighted by atomic mass is 19.5. The number of hydrogen-bond acceptors (Lipinski definition) is 1. The number of hydrogen-bond donors (Lipinski definition) is 0. The number of rotatable bonds is 2. The Morgan fingerprint density at radius 2 is 1.44 bits per heavy atom. The van der Waals surface area contributed by atoms with Gasteiger partial charge in [0.15, 0.2) is 18.9 Å². The fraction of sp³-hybridized carbons (Fsp3) is 0.0909. The second kappa shape index (κ2) is 6.73. The van der Waals surface area contributed by atoms with Crippen LogP contribution in [0.15, 0.2) is 55.1 Å². The van der Waals surface area contributed by atoms with E-state index in [0.717, 1.165) is 6.54 Å². The van der Waals surface area contributed by atoms with Gasteiger partial charge in [-0.25, -0.2) is 0 Å². The molecule has 0 aliphatic carbocycles. The van der Waals surface area contributed by atoms with Crippen molar-refractivity contribution in [2.24, 2.45) is 0 Å². The Labute approximate surface area is 102 Å². The van der Waals surface area contributed by atoms with Crippen molar-refractivity contribution in [3.63, 3.8) is 0 Å². The minimum Gasteiger partial charge on any atom is -0.418 e. The molecule has 0 unspecified atom stereocenters. The largest absolute Gasteiger partial charge is 0.673 e. The predicted octanol–water partition coefficient (Wildman–Crippen LogP) is 2.72. The summed E-state index contributed by atoms with van der Waals surface area (Å²) in [6, 6.07) is 10.4. The molecule has 0 amide bonds. The first-order valence-electron chi connectivity index (χ1n) is 5.15. The first-order chi connectivity index (χ1) is 8.45. The molecule has 0 radical (unpaired) electrons. The zero-order valence-corrected chi connectivity index (χ0v) is 9.39. The molecule has 1 heterocycles. The Bertz CT molecular complexity index is 404. The van der Waals surface area contributed by atoms with Gasteiger partial charge in [0.1, 0.15) is 0 Å². The summed E-state index contributed by atoms with van der Waals surface area (Å²) in [5.74, 6) is 0. The Morgan fingerprint density at radius 1 is 0.944 bits per heavy atom. The summed E-state index contributed by atoms with van der Waals surface area (Å²) >= 11 is 0. The minimum absolute atomic E-state index is 0.906. The topological polar surface area (TPSA) is 16.8 Å². The molecule has 2 aromatic rings. The van der Waals surface area contributed by atoms with E-state index in [9.17, 15) is 17.3 Å². The highest BCUT2D eigenvalue weighted by molar-refractivity contribution is 6.50. The predicted molar refractivity (Wildman–Crippen MR) is 60.2 cm³/mol. The SMILES string of the molecule is F[B-](F)(F)F.c1ccc(C[n+]2ccncc2)cc1. The molecule has 0 saturated heterocycles. The van der Waals surface area contributed by atoms with E-state index in [4.69, 9.17) is 0 Å². The van der Waals surface area contributed by atoms with E-state index >= 15 is 0 Å². The van der Waals surface area contributed by atoms with Crippen molar-refractivity contribution in [3.05, 3.63) is 60.7 Å². The fourth-order valence-electron chi connectivity index (χ4n) is 1.25. The van der Waals surface area contributed by atoms with Crippen LogP contribution in [0.25, 0.3) is 0 Å². The molecule has 1 aromatic carbocycles. The van der Waals surface area contributed by atoms with E-state index in [0.29, 0.717) is 0 Å². The number of benzene rings is 1. The van der Waals surface area contributed by atoms with Crippen molar-refractivity contribution < 1.29 is 21.8 Å². The van der Waals surface area contributed by atoms with Crippen LogP contribution < -0.4 is 4.57 Å². The van der Waals surface area contributed by atoms with Crippen LogP contribution in [-0.2, 0) is 6.54 Å². The van der Waals surface area contributed by atoms with Crippen LogP contribution >= 0.6 is 0 Å². The monoisotopic (exact) mass is 258 g/mol. The summed E-state index contributed by atoms with van der Waals surface area (Å²) in [6.07, 6.45) is 7.52. The van der Waals surface area contributed by atoms with Crippen LogP contribution in [-0.4, -0.2) is 12.2 Å². The van der Waals surface area contributed by atoms with Crippen LogP contribution in [0.2, 0.25) is 0 Å². The molecule has 0 atom stereocenters. The van der Waals surface area contributed by atoms with Gasteiger partial charge in [0.25, 0.3) is 0 Å². The van der Waals surface area contributed by atoms with Gasteiger partial charge in [-0.05, 0) is 0 Å². The van der Waals surface area contributed by atoms with E-state index < -0.39 is 7.25 Å². The number of halogens is 4. The standard InChI is InChI=1S/C11H11N2.BF4/c1-2-4-11(5-3-1)10-13-8-6-12-7-9-13;2-1(3,4)5/h1-9H,10H2;/q+1;-1. The van der Waals surface area contributed by atoms with E-state index in [1.807, 2.05) is 18.5 Å². The molecular formula is C11H11BF4N2. The molecule has 0 fully saturated rings. The molecule has 0 spiro atoms. The first-order valence-corrected chi connectivity index (χ1v) is 5.15. The zero-order valence-electron chi connectivity index (χ0n) is 9.39. The number of aromatic nitrogens is 2. The van der Waals surface area contributed by atoms with Gasteiger partial charge in [0, 0.05) is 5.56 Å². The second-order valence-corrected chi connectivity index (χ2v) is 3.40. The average Bonchev–Trinajstić information content (AvgIpc) is 2.29. The normalized spacial score (nSPS) is 10.4. The summed E-state index contributed by atoms with van der Waals surface area (Å²) in [7, 11) is -6.00. The summed E-state index contributed by atoms with van der Waals surface area (Å²) in [4.78, 5) is 3.97. The van der Waals surface area contributed by atoms with Crippen molar-refractivity contribution in [2.45, 2.75) is 6.54 Å². The summed E-state index contributed by atoms with van der Waals surface area (Å²) < 4.78 is 41.1. The van der Waals surface area contributed by atoms with Crippen LogP contribution in [0.1, 0.15) is 5.56 Å². The molecular weight excluding hydrogens is 247 g/mol. The molecule has 2 rings (SSSR count). The lowest BCUT2D eigenvalue weighted by Gasteiger charge is -1.95. The lowest BCUT2D eigenvalue weighted by Crippen LogP contribution is -2.33. The van der Waals surface area contributed by atoms with Gasteiger partial charge in [-0.1, -0.05) is 30.3 Å². The summed E-state index contributed by atoms with van der Waals surface area (Å²) in [5.41, 5.74) is 1.30. The molecule has 0 N–H and O–H groups in total. The lowest BCUT2D eigenvalue weighted by molar-refractivity contribution is -0.688. The molecule has 7 heteroatoms. The first kappa shape index (κ1) is 14.1. The molecule has 0 aliphatic rings. The minimum atomic E-state index is -6.00. The van der Waals surface area contributed by atoms with Crippen molar-refractivity contribution in [1.82, 2.24) is 4.98 Å². The van der Waals surface area contributed by atoms with Gasteiger partial charge in [0.2, 0.25) is 0 Å². The number of nitrogens with zero attached hydrogens (tertiary/aromatic N) is 2. The van der Waals surface area contributed by atoms with Gasteiger partial charge in [-0.3, -0.25) is 4.98 Å². The maximum Gasteiger partial charge on any atom is 0.673 e. The van der Waals surface area contributed by atoms with Crippen LogP contribution in [0.4, 0.5) is 17.3 Å². The quantitative estimate of drug-likeness (QED) is 0.459. The zero-order chi connectivity index (χ0) is 13.4. The smallest absolute Gasteiger partial charge is 0.418 e. The summed E-state index contributed by atoms with van der Waals surface area (Å²) in [6.45, 7) is 0.906. The Hall–Kier alpha value is -1.92. The van der Waals surface area contributed by atoms with Crippen LogP contribution in [0, 0.1) is 0 Å². The molecule has 96 valence electrons. The van der Waals surface area contributed by atoms with Crippen molar-refractivity contribution in [3.8, 4) is 0 Å². The van der Waals surface area contributed by atoms with Crippen LogP contribution in [0.3, 0.4) is 0 Å². The van der Waals surface area contributed by atoms with Crippen LogP contribution in [0.5, 0.6) is 0 Å². The van der Waals surface area contributed by atoms with E-state index in [2.05, 4.69) is 33.8 Å². The van der Waals surface area contributed by atoms with Crippen molar-refractivity contribution in [2.75, 3.05) is 0 Å². The van der Waals surface area contributed by atoms with Gasteiger partial charge in [0.05, 0.1) is 12.4 Å². The molecule has 0 bridgehead atoms. The van der Waals surface area contributed by atoms with E-state index in [-0.39, 0.29) is 0 Å². The molecule has 0 saturated carbocycles. The van der Waals surface area contributed by atoms with E-state index in [1.165, 1.54) is 5.56 Å². The molecule has 1 aromatic heterocycles. The average molecular weight is 258 g/mol. The Balaban J connectivity index is 0.000000280. The highest BCUT2D eigenvalue weighted by Gasteiger charge is 2.20. The van der Waals surface area contributed by atoms with Gasteiger partial charge < -0.3 is 17.3 Å². The molecule has 18 heavy (non-hydrogen) atoms. The Kier molecular flexibility index (Phi) is 5.29. The van der Waals surface area contributed by atoms with Crippen molar-refractivity contribution in [1.29, 1.82) is 0 Å². The molecule has 0 aliphatic heterocycles. The lowest BCUT2D eigenvalue weighted by atomic mass is 10.2. The highest BCUT2D eigenvalue weighted by Crippen LogP contribution is 2.06. The third-order valence-corrected chi connectivity index (χ3v) is 1.90. The third kappa shape index (κ3) is 7.37. The molecule has 2 nitrogen and oxygen atoms in total. The summed E-state index contributed by atoms with van der Waals surface area (Å²) in [5, 5.41) is 0. The Morgan fingerprint density at radius 3 is 1.94 bits per heavy atom. The maximum absolute atomic E-state index is 9.75. The van der Waals surface area contributed by atoms with Crippen molar-refractivity contribution >= 4 is 7.25 Å². The fourth-order valence-corrected chi connectivity index (χ4v) is 1.25. The third-order valence-electron chi connectivity index (χ3n) is 1.90. The second-order valence-electron chi connectivity index (χ2n) is 3.40. The van der Waals surface area contributed by atoms with E-state index in [1.54, 1.807) is 12.4 Å². The van der Waals surface area contributed by atoms with Gasteiger partial charge >= 0.3 is 7.25 Å².